The van der Waals surface area contributed by atoms with Crippen LogP contribution in [0.5, 0.6) is 0 Å². The van der Waals surface area contributed by atoms with E-state index < -0.39 is 41.6 Å². The molecule has 3 aliphatic carbocycles. The summed E-state index contributed by atoms with van der Waals surface area (Å²) in [6, 6.07) is 8.56. The number of allylic oxidation sites excluding steroid dienone is 1. The van der Waals surface area contributed by atoms with Crippen molar-refractivity contribution in [3.05, 3.63) is 59.7 Å². The molecule has 4 rings (SSSR count). The van der Waals surface area contributed by atoms with Crippen LogP contribution in [0.2, 0.25) is 0 Å². The molecule has 0 aliphatic heterocycles. The molecule has 0 bridgehead atoms. The summed E-state index contributed by atoms with van der Waals surface area (Å²) in [5.41, 5.74) is -0.203. The number of carbonyl (C=O) groups is 4. The van der Waals surface area contributed by atoms with Crippen molar-refractivity contribution in [2.75, 3.05) is 0 Å². The van der Waals surface area contributed by atoms with Gasteiger partial charge in [0.2, 0.25) is 5.78 Å². The number of hydrogen-bond donors (Lipinski definition) is 0. The molecule has 7 nitrogen and oxygen atoms in total. The van der Waals surface area contributed by atoms with Crippen molar-refractivity contribution < 1.29 is 33.4 Å². The van der Waals surface area contributed by atoms with Crippen molar-refractivity contribution in [2.24, 2.45) is 29.1 Å². The molecule has 3 aliphatic rings. The zero-order valence-corrected chi connectivity index (χ0v) is 23.1. The van der Waals surface area contributed by atoms with E-state index in [0.29, 0.717) is 29.0 Å². The molecule has 0 aromatic heterocycles. The lowest BCUT2D eigenvalue weighted by molar-refractivity contribution is -0.179. The second-order valence-corrected chi connectivity index (χ2v) is 11.8. The van der Waals surface area contributed by atoms with Gasteiger partial charge in [-0.05, 0) is 66.2 Å². The number of Topliss-reactive ketones (excluding diaryl/α,β-unsaturated/α-hetero) is 1. The molecule has 0 unspecified atom stereocenters. The average molecular weight is 523 g/mol. The van der Waals surface area contributed by atoms with Crippen molar-refractivity contribution in [1.82, 2.24) is 0 Å². The van der Waals surface area contributed by atoms with Gasteiger partial charge in [-0.15, -0.1) is 0 Å². The number of ketones is 1. The third-order valence-corrected chi connectivity index (χ3v) is 8.77. The second kappa shape index (κ2) is 10.2. The van der Waals surface area contributed by atoms with E-state index in [0.717, 1.165) is 6.42 Å². The van der Waals surface area contributed by atoms with Crippen LogP contribution in [0.4, 0.5) is 0 Å². The van der Waals surface area contributed by atoms with Gasteiger partial charge in [-0.25, -0.2) is 4.79 Å². The van der Waals surface area contributed by atoms with Crippen LogP contribution in [-0.4, -0.2) is 41.5 Å². The van der Waals surface area contributed by atoms with Crippen molar-refractivity contribution in [1.29, 1.82) is 0 Å². The number of hydrogen-bond acceptors (Lipinski definition) is 7. The average Bonchev–Trinajstić information content (AvgIpc) is 3.24. The molecule has 0 radical (unpaired) electrons. The molecule has 1 aromatic carbocycles. The van der Waals surface area contributed by atoms with Crippen LogP contribution in [0.15, 0.2) is 54.1 Å². The Bertz CT molecular complexity index is 1180. The minimum atomic E-state index is -1.69. The molecule has 0 heterocycles. The lowest BCUT2D eigenvalue weighted by Gasteiger charge is -2.39. The van der Waals surface area contributed by atoms with Crippen LogP contribution in [0, 0.1) is 29.1 Å². The Hall–Kier alpha value is -3.22. The number of esters is 3. The van der Waals surface area contributed by atoms with Gasteiger partial charge in [0.25, 0.3) is 0 Å². The van der Waals surface area contributed by atoms with Crippen LogP contribution in [-0.2, 0) is 28.6 Å². The number of carbonyl (C=O) groups excluding carboxylic acids is 4. The SMILES string of the molecule is C=C1CC[C@H]2[C@@H](C=C(C)C(=O)[C@@]3(OC(C)=O)C[C@H](C)[C@H](OC(=O)c4ccccc4)[C@@H]3[C@H]1OC(C)=O)C2(C)C. The predicted octanol–water partition coefficient (Wildman–Crippen LogP) is 5.24. The van der Waals surface area contributed by atoms with Gasteiger partial charge >= 0.3 is 17.9 Å². The van der Waals surface area contributed by atoms with E-state index >= 15 is 0 Å². The number of rotatable bonds is 4. The van der Waals surface area contributed by atoms with E-state index in [2.05, 4.69) is 20.4 Å². The minimum absolute atomic E-state index is 0.0165. The molecule has 204 valence electrons. The first-order valence-electron chi connectivity index (χ1n) is 13.3. The van der Waals surface area contributed by atoms with Gasteiger partial charge in [0.05, 0.1) is 11.5 Å². The minimum Gasteiger partial charge on any atom is -0.458 e. The Morgan fingerprint density at radius 2 is 1.68 bits per heavy atom. The predicted molar refractivity (Wildman–Crippen MR) is 141 cm³/mol. The van der Waals surface area contributed by atoms with Crippen LogP contribution in [0.3, 0.4) is 0 Å². The number of fused-ring (bicyclic) bond motifs is 2. The first-order valence-corrected chi connectivity index (χ1v) is 13.3. The van der Waals surface area contributed by atoms with Gasteiger partial charge in [-0.3, -0.25) is 14.4 Å². The van der Waals surface area contributed by atoms with E-state index in [4.69, 9.17) is 14.2 Å². The van der Waals surface area contributed by atoms with E-state index in [-0.39, 0.29) is 29.5 Å². The van der Waals surface area contributed by atoms with Crippen molar-refractivity contribution in [2.45, 2.75) is 78.6 Å². The zero-order chi connectivity index (χ0) is 28.0. The summed E-state index contributed by atoms with van der Waals surface area (Å²) >= 11 is 0. The third-order valence-electron chi connectivity index (χ3n) is 8.77. The van der Waals surface area contributed by atoms with Crippen LogP contribution >= 0.6 is 0 Å². The summed E-state index contributed by atoms with van der Waals surface area (Å²) in [4.78, 5) is 52.4. The Labute approximate surface area is 224 Å². The summed E-state index contributed by atoms with van der Waals surface area (Å²) in [5, 5.41) is 0. The van der Waals surface area contributed by atoms with Crippen molar-refractivity contribution in [3.8, 4) is 0 Å². The van der Waals surface area contributed by atoms with E-state index in [1.54, 1.807) is 37.3 Å². The van der Waals surface area contributed by atoms with E-state index in [1.165, 1.54) is 13.8 Å². The molecule has 0 amide bonds. The summed E-state index contributed by atoms with van der Waals surface area (Å²) in [6.45, 7) is 14.8. The molecular weight excluding hydrogens is 484 g/mol. The molecule has 2 saturated carbocycles. The highest BCUT2D eigenvalue weighted by Crippen LogP contribution is 2.62. The van der Waals surface area contributed by atoms with Crippen molar-refractivity contribution >= 4 is 23.7 Å². The normalized spacial score (nSPS) is 34.1. The number of benzene rings is 1. The lowest BCUT2D eigenvalue weighted by Crippen LogP contribution is -2.55. The molecule has 0 spiro atoms. The Kier molecular flexibility index (Phi) is 7.43. The molecule has 1 aromatic rings. The Balaban J connectivity index is 1.87. The molecule has 38 heavy (non-hydrogen) atoms. The summed E-state index contributed by atoms with van der Waals surface area (Å²) in [6.07, 6.45) is 1.63. The summed E-state index contributed by atoms with van der Waals surface area (Å²) in [5.74, 6) is -2.89. The fraction of sp³-hybridized carbons (Fsp3) is 0.548. The Morgan fingerprint density at radius 3 is 2.29 bits per heavy atom. The molecular formula is C31H38O7. The van der Waals surface area contributed by atoms with Crippen LogP contribution in [0.25, 0.3) is 0 Å². The maximum absolute atomic E-state index is 14.3. The van der Waals surface area contributed by atoms with Gasteiger partial charge in [-0.1, -0.05) is 51.6 Å². The molecule has 0 N–H and O–H groups in total. The van der Waals surface area contributed by atoms with Crippen LogP contribution < -0.4 is 0 Å². The Morgan fingerprint density at radius 1 is 1.03 bits per heavy atom. The third kappa shape index (κ3) is 4.95. The molecule has 2 fully saturated rings. The largest absolute Gasteiger partial charge is 0.458 e. The smallest absolute Gasteiger partial charge is 0.338 e. The van der Waals surface area contributed by atoms with Gasteiger partial charge in [0.15, 0.2) is 5.60 Å². The molecule has 7 atom stereocenters. The lowest BCUT2D eigenvalue weighted by atomic mass is 9.76. The van der Waals surface area contributed by atoms with Crippen LogP contribution in [0.1, 0.15) is 71.2 Å². The fourth-order valence-corrected chi connectivity index (χ4v) is 6.80. The summed E-state index contributed by atoms with van der Waals surface area (Å²) < 4.78 is 17.9. The zero-order valence-electron chi connectivity index (χ0n) is 23.1. The molecule has 7 heteroatoms. The van der Waals surface area contributed by atoms with Gasteiger partial charge in [0.1, 0.15) is 12.2 Å². The monoisotopic (exact) mass is 522 g/mol. The highest BCUT2D eigenvalue weighted by molar-refractivity contribution is 6.03. The first kappa shape index (κ1) is 27.8. The second-order valence-electron chi connectivity index (χ2n) is 11.8. The van der Waals surface area contributed by atoms with Crippen molar-refractivity contribution in [3.63, 3.8) is 0 Å². The maximum atomic E-state index is 14.3. The highest BCUT2D eigenvalue weighted by Gasteiger charge is 2.65. The molecule has 0 saturated heterocycles. The van der Waals surface area contributed by atoms with Gasteiger partial charge in [0, 0.05) is 20.3 Å². The maximum Gasteiger partial charge on any atom is 0.338 e. The number of ether oxygens (including phenoxy) is 3. The topological polar surface area (TPSA) is 96.0 Å². The van der Waals surface area contributed by atoms with Gasteiger partial charge in [-0.2, -0.15) is 0 Å². The van der Waals surface area contributed by atoms with E-state index in [1.807, 2.05) is 13.0 Å². The van der Waals surface area contributed by atoms with Gasteiger partial charge < -0.3 is 14.2 Å². The van der Waals surface area contributed by atoms with E-state index in [9.17, 15) is 19.2 Å². The quantitative estimate of drug-likeness (QED) is 0.303. The standard InChI is InChI=1S/C31H38O7/c1-17-13-14-23-24(30(23,6)7)15-18(2)28(34)31(38-21(5)33)16-19(3)27(25(31)26(17)36-20(4)32)37-29(35)22-11-9-8-10-12-22/h8-12,15,19,23-27H,1,13-14,16H2,2-7H3/t19-,23-,24+,25-,26-,27-,31+/m0/s1. The fourth-order valence-electron chi connectivity index (χ4n) is 6.80. The highest BCUT2D eigenvalue weighted by atomic mass is 16.6. The summed E-state index contributed by atoms with van der Waals surface area (Å²) in [7, 11) is 0. The first-order chi connectivity index (χ1) is 17.8.